The van der Waals surface area contributed by atoms with Crippen LogP contribution in [0.2, 0.25) is 0 Å². The third-order valence-electron chi connectivity index (χ3n) is 2.17. The van der Waals surface area contributed by atoms with Crippen molar-refractivity contribution >= 4 is 5.71 Å². The molecule has 0 amide bonds. The van der Waals surface area contributed by atoms with Gasteiger partial charge in [-0.15, -0.1) is 0 Å². The van der Waals surface area contributed by atoms with Gasteiger partial charge in [-0.05, 0) is 19.9 Å². The fourth-order valence-electron chi connectivity index (χ4n) is 1.45. The molecule has 15 heavy (non-hydrogen) atoms. The van der Waals surface area contributed by atoms with E-state index in [-0.39, 0.29) is 5.60 Å². The fraction of sp³-hybridized carbons (Fsp3) is 0.364. The van der Waals surface area contributed by atoms with Crippen LogP contribution in [0.15, 0.2) is 17.4 Å². The molecule has 1 radical (unpaired) electrons. The van der Waals surface area contributed by atoms with Crippen LogP contribution in [0, 0.1) is 17.5 Å². The molecule has 0 spiro atoms. The van der Waals surface area contributed by atoms with E-state index in [1.54, 1.807) is 12.3 Å². The Morgan fingerprint density at radius 2 is 2.40 bits per heavy atom. The van der Waals surface area contributed by atoms with Gasteiger partial charge in [-0.1, -0.05) is 5.16 Å². The number of nitriles is 1. The molecule has 1 aliphatic rings. The lowest BCUT2D eigenvalue weighted by atomic mass is 9.96. The minimum absolute atomic E-state index is 0.300. The van der Waals surface area contributed by atoms with Crippen LogP contribution in [0.5, 0.6) is 0 Å². The molecule has 0 fully saturated rings. The summed E-state index contributed by atoms with van der Waals surface area (Å²) in [6.07, 6.45) is 5.00. The van der Waals surface area contributed by atoms with E-state index in [9.17, 15) is 0 Å². The lowest BCUT2D eigenvalue weighted by Gasteiger charge is -2.13. The van der Waals surface area contributed by atoms with Gasteiger partial charge in [0, 0.05) is 18.2 Å². The summed E-state index contributed by atoms with van der Waals surface area (Å²) in [5.41, 5.74) is 1.62. The molecule has 1 aromatic rings. The second kappa shape index (κ2) is 3.35. The summed E-state index contributed by atoms with van der Waals surface area (Å²) in [7, 11) is 0. The maximum absolute atomic E-state index is 8.92. The summed E-state index contributed by atoms with van der Waals surface area (Å²) in [4.78, 5) is 9.11. The van der Waals surface area contributed by atoms with Crippen LogP contribution >= 0.6 is 0 Å². The standard InChI is InChI=1S/C11H10N3O/c1-11(2)5-10(14-15-11)9-7-13-4-3-8(9)6-12/h3-4H,5H2,1-2H3. The molecule has 4 heteroatoms. The van der Waals surface area contributed by atoms with Gasteiger partial charge in [0.25, 0.3) is 0 Å². The molecular weight excluding hydrogens is 190 g/mol. The highest BCUT2D eigenvalue weighted by molar-refractivity contribution is 6.03. The number of hydrogen-bond acceptors (Lipinski definition) is 4. The molecule has 0 aliphatic carbocycles. The van der Waals surface area contributed by atoms with E-state index in [1.165, 1.54) is 0 Å². The predicted molar refractivity (Wildman–Crippen MR) is 54.1 cm³/mol. The van der Waals surface area contributed by atoms with Crippen molar-refractivity contribution in [3.63, 3.8) is 0 Å². The minimum Gasteiger partial charge on any atom is -0.389 e. The first-order chi connectivity index (χ1) is 7.12. The number of nitrogens with zero attached hydrogens (tertiary/aromatic N) is 3. The van der Waals surface area contributed by atoms with Crippen LogP contribution in [0.4, 0.5) is 0 Å². The number of rotatable bonds is 1. The molecule has 0 aromatic carbocycles. The van der Waals surface area contributed by atoms with Gasteiger partial charge < -0.3 is 4.84 Å². The Morgan fingerprint density at radius 3 is 3.00 bits per heavy atom. The van der Waals surface area contributed by atoms with Crippen molar-refractivity contribution in [1.82, 2.24) is 4.98 Å². The van der Waals surface area contributed by atoms with Gasteiger partial charge in [0.15, 0.2) is 0 Å². The van der Waals surface area contributed by atoms with Gasteiger partial charge in [-0.2, -0.15) is 5.26 Å². The molecule has 0 bridgehead atoms. The monoisotopic (exact) mass is 200 g/mol. The third-order valence-corrected chi connectivity index (χ3v) is 2.17. The van der Waals surface area contributed by atoms with E-state index in [1.807, 2.05) is 13.8 Å². The topological polar surface area (TPSA) is 58.3 Å². The first-order valence-corrected chi connectivity index (χ1v) is 4.64. The summed E-state index contributed by atoms with van der Waals surface area (Å²) in [5, 5.41) is 12.9. The molecule has 1 aliphatic heterocycles. The molecule has 0 N–H and O–H groups in total. The van der Waals surface area contributed by atoms with Crippen LogP contribution in [-0.4, -0.2) is 16.3 Å². The average molecular weight is 200 g/mol. The smallest absolute Gasteiger partial charge is 0.137 e. The lowest BCUT2D eigenvalue weighted by Crippen LogP contribution is -2.19. The van der Waals surface area contributed by atoms with E-state index in [4.69, 9.17) is 10.1 Å². The van der Waals surface area contributed by atoms with Gasteiger partial charge in [0.2, 0.25) is 0 Å². The maximum Gasteiger partial charge on any atom is 0.137 e. The molecular formula is C11H10N3O. The number of pyridine rings is 1. The van der Waals surface area contributed by atoms with Crippen LogP contribution in [0.1, 0.15) is 31.4 Å². The lowest BCUT2D eigenvalue weighted by molar-refractivity contribution is 0.0123. The van der Waals surface area contributed by atoms with Gasteiger partial charge in [-0.3, -0.25) is 4.98 Å². The van der Waals surface area contributed by atoms with E-state index in [0.29, 0.717) is 17.5 Å². The van der Waals surface area contributed by atoms with Crippen LogP contribution in [0.25, 0.3) is 0 Å². The summed E-state index contributed by atoms with van der Waals surface area (Å²) >= 11 is 0. The first-order valence-electron chi connectivity index (χ1n) is 4.64. The van der Waals surface area contributed by atoms with Gasteiger partial charge in [-0.25, -0.2) is 0 Å². The summed E-state index contributed by atoms with van der Waals surface area (Å²) in [6, 6.07) is 3.74. The highest BCUT2D eigenvalue weighted by atomic mass is 16.7. The van der Waals surface area contributed by atoms with E-state index in [2.05, 4.69) is 22.4 Å². The molecule has 2 heterocycles. The Kier molecular flexibility index (Phi) is 2.16. The van der Waals surface area contributed by atoms with Crippen LogP contribution < -0.4 is 0 Å². The van der Waals surface area contributed by atoms with Crippen molar-refractivity contribution in [3.05, 3.63) is 29.6 Å². The van der Waals surface area contributed by atoms with E-state index in [0.717, 1.165) is 5.71 Å². The van der Waals surface area contributed by atoms with Crippen molar-refractivity contribution in [1.29, 1.82) is 5.26 Å². The normalized spacial score (nSPS) is 17.8. The zero-order chi connectivity index (χ0) is 10.9. The zero-order valence-electron chi connectivity index (χ0n) is 8.61. The van der Waals surface area contributed by atoms with Crippen molar-refractivity contribution in [2.45, 2.75) is 25.9 Å². The SMILES string of the molecule is CC1(C)CC(c2[c]nccc2C#N)=NO1. The summed E-state index contributed by atoms with van der Waals surface area (Å²) < 4.78 is 0. The Balaban J connectivity index is 2.37. The molecule has 0 unspecified atom stereocenters. The average Bonchev–Trinajstić information content (AvgIpc) is 2.59. The fourth-order valence-corrected chi connectivity index (χ4v) is 1.45. The van der Waals surface area contributed by atoms with Crippen molar-refractivity contribution < 1.29 is 4.84 Å². The second-order valence-electron chi connectivity index (χ2n) is 4.02. The minimum atomic E-state index is -0.300. The Hall–Kier alpha value is -1.89. The Labute approximate surface area is 88.2 Å². The van der Waals surface area contributed by atoms with E-state index < -0.39 is 0 Å². The van der Waals surface area contributed by atoms with Gasteiger partial charge in [0.05, 0.1) is 23.5 Å². The molecule has 0 saturated heterocycles. The third kappa shape index (κ3) is 1.82. The number of hydrogen-bond donors (Lipinski definition) is 0. The van der Waals surface area contributed by atoms with Crippen molar-refractivity contribution in [2.75, 3.05) is 0 Å². The van der Waals surface area contributed by atoms with Crippen molar-refractivity contribution in [2.24, 2.45) is 5.16 Å². The van der Waals surface area contributed by atoms with Crippen LogP contribution in [0.3, 0.4) is 0 Å². The molecule has 75 valence electrons. The van der Waals surface area contributed by atoms with Crippen molar-refractivity contribution in [3.8, 4) is 6.07 Å². The Morgan fingerprint density at radius 1 is 1.60 bits per heavy atom. The maximum atomic E-state index is 8.92. The number of oxime groups is 1. The van der Waals surface area contributed by atoms with Gasteiger partial charge in [0.1, 0.15) is 5.60 Å². The van der Waals surface area contributed by atoms with Gasteiger partial charge >= 0.3 is 0 Å². The largest absolute Gasteiger partial charge is 0.389 e. The molecule has 0 saturated carbocycles. The predicted octanol–water partition coefficient (Wildman–Crippen LogP) is 1.66. The number of aromatic nitrogens is 1. The first kappa shape index (κ1) is 9.66. The Bertz CT molecular complexity index is 457. The zero-order valence-corrected chi connectivity index (χ0v) is 8.61. The highest BCUT2D eigenvalue weighted by Crippen LogP contribution is 2.26. The molecule has 4 nitrogen and oxygen atoms in total. The quantitative estimate of drug-likeness (QED) is 0.692. The van der Waals surface area contributed by atoms with Crippen LogP contribution in [-0.2, 0) is 4.84 Å². The molecule has 0 atom stereocenters. The second-order valence-corrected chi connectivity index (χ2v) is 4.02. The summed E-state index contributed by atoms with van der Waals surface area (Å²) in [5.74, 6) is 0. The highest BCUT2D eigenvalue weighted by Gasteiger charge is 2.30. The summed E-state index contributed by atoms with van der Waals surface area (Å²) in [6.45, 7) is 3.90. The van der Waals surface area contributed by atoms with E-state index >= 15 is 0 Å². The molecule has 2 rings (SSSR count). The molecule has 1 aromatic heterocycles.